The van der Waals surface area contributed by atoms with E-state index >= 15 is 0 Å². The third-order valence-electron chi connectivity index (χ3n) is 6.48. The Hall–Kier alpha value is -3.87. The van der Waals surface area contributed by atoms with E-state index in [1.165, 1.54) is 4.57 Å². The second-order valence-electron chi connectivity index (χ2n) is 9.46. The molecule has 7 nitrogen and oxygen atoms in total. The number of hydrogen-bond acceptors (Lipinski definition) is 4. The minimum absolute atomic E-state index is 0.208. The van der Waals surface area contributed by atoms with Crippen LogP contribution < -0.4 is 15.6 Å². The van der Waals surface area contributed by atoms with Crippen LogP contribution in [0.3, 0.4) is 0 Å². The summed E-state index contributed by atoms with van der Waals surface area (Å²) in [4.78, 5) is 38.9. The van der Waals surface area contributed by atoms with E-state index in [9.17, 15) is 19.5 Å². The third-order valence-corrected chi connectivity index (χ3v) is 6.48. The normalized spacial score (nSPS) is 12.5. The van der Waals surface area contributed by atoms with E-state index in [-0.39, 0.29) is 17.9 Å². The third kappa shape index (κ3) is 7.32. The highest BCUT2D eigenvalue weighted by Crippen LogP contribution is 2.26. The first-order valence-electron chi connectivity index (χ1n) is 12.7. The molecule has 1 amide bonds. The Morgan fingerprint density at radius 1 is 1.08 bits per heavy atom. The number of hydrogen-bond donors (Lipinski definition) is 2. The van der Waals surface area contributed by atoms with E-state index < -0.39 is 18.1 Å². The Morgan fingerprint density at radius 2 is 1.81 bits per heavy atom. The van der Waals surface area contributed by atoms with Crippen molar-refractivity contribution in [3.63, 3.8) is 0 Å². The van der Waals surface area contributed by atoms with Crippen LogP contribution in [0.15, 0.2) is 65.6 Å². The molecule has 0 bridgehead atoms. The number of amides is 1. The molecule has 1 aromatic heterocycles. The van der Waals surface area contributed by atoms with E-state index in [0.717, 1.165) is 29.5 Å². The zero-order valence-electron chi connectivity index (χ0n) is 22.0. The molecule has 196 valence electrons. The number of rotatable bonds is 12. The van der Waals surface area contributed by atoms with Crippen LogP contribution in [0.4, 0.5) is 0 Å². The monoisotopic (exact) mass is 504 g/mol. The highest BCUT2D eigenvalue weighted by atomic mass is 16.5. The van der Waals surface area contributed by atoms with Crippen molar-refractivity contribution in [2.24, 2.45) is 0 Å². The van der Waals surface area contributed by atoms with Gasteiger partial charge < -0.3 is 19.7 Å². The van der Waals surface area contributed by atoms with Gasteiger partial charge in [-0.3, -0.25) is 14.4 Å². The maximum absolute atomic E-state index is 13.7. The Bertz CT molecular complexity index is 1280. The fourth-order valence-electron chi connectivity index (χ4n) is 4.60. The van der Waals surface area contributed by atoms with Crippen molar-refractivity contribution in [2.75, 3.05) is 7.11 Å². The first-order valence-corrected chi connectivity index (χ1v) is 12.7. The number of nitrogens with one attached hydrogen (secondary N) is 1. The summed E-state index contributed by atoms with van der Waals surface area (Å²) in [7, 11) is 1.57. The van der Waals surface area contributed by atoms with Crippen molar-refractivity contribution in [3.8, 4) is 5.75 Å². The van der Waals surface area contributed by atoms with Gasteiger partial charge in [0, 0.05) is 18.2 Å². The van der Waals surface area contributed by atoms with Gasteiger partial charge in [0.25, 0.3) is 5.56 Å². The molecule has 1 unspecified atom stereocenters. The molecule has 2 atom stereocenters. The van der Waals surface area contributed by atoms with E-state index in [4.69, 9.17) is 4.74 Å². The van der Waals surface area contributed by atoms with Crippen LogP contribution in [-0.2, 0) is 16.0 Å². The summed E-state index contributed by atoms with van der Waals surface area (Å²) >= 11 is 0. The first kappa shape index (κ1) is 27.7. The maximum atomic E-state index is 13.7. The Balaban J connectivity index is 1.97. The summed E-state index contributed by atoms with van der Waals surface area (Å²) in [6.45, 7) is 5.81. The molecule has 37 heavy (non-hydrogen) atoms. The quantitative estimate of drug-likeness (QED) is 0.356. The number of aromatic nitrogens is 1. The van der Waals surface area contributed by atoms with Crippen LogP contribution in [0.5, 0.6) is 5.75 Å². The van der Waals surface area contributed by atoms with Crippen LogP contribution in [0.1, 0.15) is 72.5 Å². The van der Waals surface area contributed by atoms with Crippen LogP contribution in [0.2, 0.25) is 0 Å². The molecular formula is C30H36N2O5. The zero-order valence-corrected chi connectivity index (χ0v) is 22.0. The molecule has 0 saturated heterocycles. The van der Waals surface area contributed by atoms with Crippen molar-refractivity contribution >= 4 is 11.9 Å². The number of pyridine rings is 1. The summed E-state index contributed by atoms with van der Waals surface area (Å²) in [6.07, 6.45) is 3.99. The lowest BCUT2D eigenvalue weighted by Crippen LogP contribution is -2.40. The Kier molecular flexibility index (Phi) is 9.66. The topological polar surface area (TPSA) is 97.6 Å². The van der Waals surface area contributed by atoms with Gasteiger partial charge >= 0.3 is 5.97 Å². The molecule has 0 aliphatic rings. The molecule has 0 radical (unpaired) electrons. The number of methoxy groups -OCH3 is 1. The summed E-state index contributed by atoms with van der Waals surface area (Å²) in [5, 5.41) is 12.5. The molecule has 1 heterocycles. The van der Waals surface area contributed by atoms with Gasteiger partial charge in [-0.2, -0.15) is 0 Å². The molecule has 0 fully saturated rings. The molecule has 2 N–H and O–H groups in total. The lowest BCUT2D eigenvalue weighted by atomic mass is 9.99. The number of nitrogens with zero attached hydrogens (tertiary/aromatic N) is 1. The number of carbonyl (C=O) groups is 2. The van der Waals surface area contributed by atoms with E-state index in [1.807, 2.05) is 63.2 Å². The first-order chi connectivity index (χ1) is 17.7. The summed E-state index contributed by atoms with van der Waals surface area (Å²) in [6, 6.07) is 15.5. The molecule has 0 spiro atoms. The van der Waals surface area contributed by atoms with Gasteiger partial charge in [0.05, 0.1) is 19.6 Å². The standard InChI is InChI=1S/C30H36N2O5/c1-5-6-12-26(32-19-20(2)15-24(30(32)36)17-22-10-8-7-9-11-22)29(35)31-25(18-28(33)34)23-13-14-27(37-4)21(3)16-23/h7-11,13-16,19,25-26H,5-6,12,17-18H2,1-4H3,(H,31,35)(H,33,34)/t25-,26?/m1/s1. The van der Waals surface area contributed by atoms with E-state index in [0.29, 0.717) is 29.7 Å². The molecule has 3 rings (SSSR count). The fourth-order valence-corrected chi connectivity index (χ4v) is 4.60. The molecule has 7 heteroatoms. The molecule has 2 aromatic carbocycles. The number of aryl methyl sites for hydroxylation is 2. The van der Waals surface area contributed by atoms with Crippen molar-refractivity contribution in [3.05, 3.63) is 99.0 Å². The molecule has 0 saturated carbocycles. The maximum Gasteiger partial charge on any atom is 0.305 e. The second kappa shape index (κ2) is 12.9. The molecule has 0 aliphatic heterocycles. The van der Waals surface area contributed by atoms with Gasteiger partial charge in [0.1, 0.15) is 11.8 Å². The minimum atomic E-state index is -1.03. The highest BCUT2D eigenvalue weighted by Gasteiger charge is 2.27. The lowest BCUT2D eigenvalue weighted by Gasteiger charge is -2.25. The van der Waals surface area contributed by atoms with Crippen LogP contribution in [0.25, 0.3) is 0 Å². The second-order valence-corrected chi connectivity index (χ2v) is 9.46. The lowest BCUT2D eigenvalue weighted by molar-refractivity contribution is -0.137. The number of carbonyl (C=O) groups excluding carboxylic acids is 1. The predicted octanol–water partition coefficient (Wildman–Crippen LogP) is 5.13. The highest BCUT2D eigenvalue weighted by molar-refractivity contribution is 5.81. The average Bonchev–Trinajstić information content (AvgIpc) is 2.86. The number of aliphatic carboxylic acids is 1. The smallest absolute Gasteiger partial charge is 0.305 e. The number of unbranched alkanes of at least 4 members (excludes halogenated alkanes) is 1. The predicted molar refractivity (Wildman–Crippen MR) is 144 cm³/mol. The van der Waals surface area contributed by atoms with Crippen LogP contribution >= 0.6 is 0 Å². The fraction of sp³-hybridized carbons (Fsp3) is 0.367. The number of benzene rings is 2. The average molecular weight is 505 g/mol. The summed E-state index contributed by atoms with van der Waals surface area (Å²) < 4.78 is 6.84. The van der Waals surface area contributed by atoms with Gasteiger partial charge in [0.15, 0.2) is 0 Å². The summed E-state index contributed by atoms with van der Waals surface area (Å²) in [5.41, 5.74) is 3.82. The van der Waals surface area contributed by atoms with Crippen molar-refractivity contribution < 1.29 is 19.4 Å². The number of carboxylic acid groups (broad SMARTS) is 1. The molecular weight excluding hydrogens is 468 g/mol. The van der Waals surface area contributed by atoms with Gasteiger partial charge in [0.2, 0.25) is 5.91 Å². The van der Waals surface area contributed by atoms with Gasteiger partial charge in [-0.25, -0.2) is 0 Å². The van der Waals surface area contributed by atoms with Gasteiger partial charge in [-0.05, 0) is 54.7 Å². The molecule has 0 aliphatic carbocycles. The Morgan fingerprint density at radius 3 is 2.43 bits per heavy atom. The minimum Gasteiger partial charge on any atom is -0.496 e. The van der Waals surface area contributed by atoms with Crippen LogP contribution in [-0.4, -0.2) is 28.7 Å². The van der Waals surface area contributed by atoms with Crippen molar-refractivity contribution in [1.29, 1.82) is 0 Å². The number of ether oxygens (including phenoxy) is 1. The van der Waals surface area contributed by atoms with Crippen molar-refractivity contribution in [1.82, 2.24) is 9.88 Å². The number of carboxylic acids is 1. The Labute approximate surface area is 218 Å². The van der Waals surface area contributed by atoms with E-state index in [1.54, 1.807) is 25.4 Å². The van der Waals surface area contributed by atoms with Crippen molar-refractivity contribution in [2.45, 2.75) is 65.0 Å². The van der Waals surface area contributed by atoms with E-state index in [2.05, 4.69) is 5.32 Å². The van der Waals surface area contributed by atoms with Crippen LogP contribution in [0, 0.1) is 13.8 Å². The molecule has 3 aromatic rings. The van der Waals surface area contributed by atoms with Gasteiger partial charge in [-0.15, -0.1) is 0 Å². The SMILES string of the molecule is CCCCC(C(=O)N[C@H](CC(=O)O)c1ccc(OC)c(C)c1)n1cc(C)cc(Cc2ccccc2)c1=O. The zero-order chi connectivity index (χ0) is 26.9. The largest absolute Gasteiger partial charge is 0.496 e. The summed E-state index contributed by atoms with van der Waals surface area (Å²) in [5.74, 6) is -0.712. The van der Waals surface area contributed by atoms with Gasteiger partial charge in [-0.1, -0.05) is 62.2 Å².